The molecule has 1 N–H and O–H groups in total. The Morgan fingerprint density at radius 2 is 1.94 bits per heavy atom. The molecule has 5 aromatic rings. The van der Waals surface area contributed by atoms with Gasteiger partial charge < -0.3 is 9.88 Å². The van der Waals surface area contributed by atoms with E-state index in [1.54, 1.807) is 12.4 Å². The Balaban J connectivity index is 0.00000126. The maximum absolute atomic E-state index is 13.8. The quantitative estimate of drug-likeness (QED) is 0.378. The Morgan fingerprint density at radius 3 is 2.73 bits per heavy atom. The Labute approximate surface area is 191 Å². The minimum atomic E-state index is -0.411. The van der Waals surface area contributed by atoms with Crippen LogP contribution >= 0.6 is 0 Å². The lowest BCUT2D eigenvalue weighted by atomic mass is 10.2. The third-order valence-corrected chi connectivity index (χ3v) is 5.10. The highest BCUT2D eigenvalue weighted by Crippen LogP contribution is 2.25. The van der Waals surface area contributed by atoms with Gasteiger partial charge in [-0.1, -0.05) is 32.6 Å². The van der Waals surface area contributed by atoms with Gasteiger partial charge in [0.25, 0.3) is 0 Å². The number of para-hydroxylation sites is 2. The van der Waals surface area contributed by atoms with Crippen LogP contribution in [0.4, 0.5) is 10.2 Å². The molecule has 33 heavy (non-hydrogen) atoms. The zero-order valence-electron chi connectivity index (χ0n) is 19.0. The molecule has 0 aliphatic carbocycles. The van der Waals surface area contributed by atoms with E-state index in [4.69, 9.17) is 4.98 Å². The fraction of sp³-hybridized carbons (Fsp3) is 0.200. The lowest BCUT2D eigenvalue weighted by Crippen LogP contribution is -2.12. The minimum absolute atomic E-state index is 0.411. The van der Waals surface area contributed by atoms with Crippen molar-refractivity contribution in [2.75, 3.05) is 11.9 Å². The number of fused-ring (bicyclic) bond motifs is 2. The van der Waals surface area contributed by atoms with Crippen LogP contribution < -0.4 is 5.32 Å². The van der Waals surface area contributed by atoms with E-state index in [9.17, 15) is 4.39 Å². The second-order valence-electron chi connectivity index (χ2n) is 7.34. The van der Waals surface area contributed by atoms with E-state index in [1.165, 1.54) is 12.3 Å². The maximum atomic E-state index is 13.8. The van der Waals surface area contributed by atoms with Gasteiger partial charge in [-0.3, -0.25) is 9.38 Å². The molecule has 7 nitrogen and oxygen atoms in total. The van der Waals surface area contributed by atoms with E-state index < -0.39 is 5.82 Å². The lowest BCUT2D eigenvalue weighted by molar-refractivity contribution is 0.622. The number of aromatic nitrogens is 6. The summed E-state index contributed by atoms with van der Waals surface area (Å²) < 4.78 is 17.8. The van der Waals surface area contributed by atoms with Crippen LogP contribution in [0.3, 0.4) is 0 Å². The number of benzene rings is 1. The molecule has 8 heteroatoms. The normalized spacial score (nSPS) is 10.8. The van der Waals surface area contributed by atoms with Crippen LogP contribution in [-0.2, 0) is 6.54 Å². The highest BCUT2D eigenvalue weighted by molar-refractivity contribution is 5.75. The predicted octanol–water partition coefficient (Wildman–Crippen LogP) is 5.45. The summed E-state index contributed by atoms with van der Waals surface area (Å²) in [6.07, 6.45) is 8.20. The number of rotatable bonds is 6. The second-order valence-corrected chi connectivity index (χ2v) is 7.34. The van der Waals surface area contributed by atoms with Gasteiger partial charge in [-0.2, -0.15) is 0 Å². The van der Waals surface area contributed by atoms with E-state index in [0.717, 1.165) is 22.3 Å². The second kappa shape index (κ2) is 9.60. The zero-order chi connectivity index (χ0) is 23.4. The fourth-order valence-electron chi connectivity index (χ4n) is 3.60. The Kier molecular flexibility index (Phi) is 6.44. The van der Waals surface area contributed by atoms with E-state index >= 15 is 0 Å². The highest BCUT2D eigenvalue weighted by atomic mass is 19.1. The van der Waals surface area contributed by atoms with Crippen molar-refractivity contribution in [2.24, 2.45) is 0 Å². The lowest BCUT2D eigenvalue weighted by Gasteiger charge is -2.12. The largest absolute Gasteiger partial charge is 0.365 e. The van der Waals surface area contributed by atoms with E-state index in [-0.39, 0.29) is 0 Å². The number of nitrogens with one attached hydrogen (secondary N) is 1. The number of hydrogen-bond donors (Lipinski definition) is 1. The smallest absolute Gasteiger partial charge is 0.180 e. The van der Waals surface area contributed by atoms with Crippen LogP contribution in [0, 0.1) is 5.82 Å². The summed E-state index contributed by atoms with van der Waals surface area (Å²) in [5, 5.41) is 3.38. The summed E-state index contributed by atoms with van der Waals surface area (Å²) in [5.41, 5.74) is 5.64. The number of anilines is 1. The molecular weight excluding hydrogens is 417 g/mol. The van der Waals surface area contributed by atoms with Crippen LogP contribution in [0.5, 0.6) is 0 Å². The van der Waals surface area contributed by atoms with E-state index in [2.05, 4.69) is 31.4 Å². The van der Waals surface area contributed by atoms with Crippen LogP contribution in [-0.4, -0.2) is 35.4 Å². The van der Waals surface area contributed by atoms with Gasteiger partial charge in [0.15, 0.2) is 11.5 Å². The van der Waals surface area contributed by atoms with Crippen molar-refractivity contribution >= 4 is 28.1 Å². The molecule has 0 radical (unpaired) electrons. The standard InChI is InChI=1S/C23H20FN7.C2H6/c1-15(2)21-12-27-23-22(26-7-8-30-14-28-18-5-3-4-6-20(18)30)29-19(13-31(21)23)16-9-17(24)11-25-10-16;1-2/h3-6,9-14H,1,7-8H2,2H3,(H,26,29);1-2H3. The van der Waals surface area contributed by atoms with Crippen molar-refractivity contribution in [1.82, 2.24) is 28.9 Å². The molecule has 5 rings (SSSR count). The van der Waals surface area contributed by atoms with Gasteiger partial charge in [-0.15, -0.1) is 0 Å². The molecule has 0 bridgehead atoms. The highest BCUT2D eigenvalue weighted by Gasteiger charge is 2.14. The number of nitrogens with zero attached hydrogens (tertiary/aromatic N) is 6. The predicted molar refractivity (Wildman–Crippen MR) is 130 cm³/mol. The summed E-state index contributed by atoms with van der Waals surface area (Å²) in [6, 6.07) is 9.43. The third kappa shape index (κ3) is 4.45. The van der Waals surface area contributed by atoms with Crippen molar-refractivity contribution in [3.8, 4) is 11.3 Å². The Morgan fingerprint density at radius 1 is 1.12 bits per heavy atom. The molecule has 0 atom stereocenters. The van der Waals surface area contributed by atoms with E-state index in [0.29, 0.717) is 35.8 Å². The number of halogens is 1. The van der Waals surface area contributed by atoms with Gasteiger partial charge in [0, 0.05) is 31.0 Å². The van der Waals surface area contributed by atoms with Gasteiger partial charge in [0.1, 0.15) is 5.82 Å². The Bertz CT molecular complexity index is 1420. The molecule has 0 saturated carbocycles. The maximum Gasteiger partial charge on any atom is 0.180 e. The first-order valence-corrected chi connectivity index (χ1v) is 10.9. The van der Waals surface area contributed by atoms with Crippen molar-refractivity contribution in [3.05, 3.63) is 79.5 Å². The summed E-state index contributed by atoms with van der Waals surface area (Å²) in [6.45, 7) is 11.3. The molecule has 168 valence electrons. The van der Waals surface area contributed by atoms with Crippen LogP contribution in [0.25, 0.3) is 33.5 Å². The summed E-state index contributed by atoms with van der Waals surface area (Å²) in [5.74, 6) is 0.199. The topological polar surface area (TPSA) is 72.9 Å². The zero-order valence-corrected chi connectivity index (χ0v) is 19.0. The molecule has 0 saturated heterocycles. The summed E-state index contributed by atoms with van der Waals surface area (Å²) in [4.78, 5) is 17.6. The molecule has 4 aromatic heterocycles. The monoisotopic (exact) mass is 443 g/mol. The molecule has 0 unspecified atom stereocenters. The first kappa shape index (κ1) is 22.1. The van der Waals surface area contributed by atoms with Crippen molar-refractivity contribution in [2.45, 2.75) is 27.3 Å². The van der Waals surface area contributed by atoms with Crippen molar-refractivity contribution in [3.63, 3.8) is 0 Å². The van der Waals surface area contributed by atoms with Crippen LogP contribution in [0.1, 0.15) is 26.5 Å². The van der Waals surface area contributed by atoms with Crippen molar-refractivity contribution < 1.29 is 4.39 Å². The fourth-order valence-corrected chi connectivity index (χ4v) is 3.60. The number of pyridine rings is 1. The number of hydrogen-bond acceptors (Lipinski definition) is 5. The van der Waals surface area contributed by atoms with Gasteiger partial charge in [0.05, 0.1) is 41.1 Å². The number of allylic oxidation sites excluding steroid dienone is 1. The van der Waals surface area contributed by atoms with Crippen LogP contribution in [0.15, 0.2) is 68.0 Å². The van der Waals surface area contributed by atoms with Gasteiger partial charge in [-0.05, 0) is 30.7 Å². The average Bonchev–Trinajstić information content (AvgIpc) is 3.45. The molecule has 0 aliphatic heterocycles. The SMILES string of the molecule is C=C(C)c1cnc2c(NCCn3cnc4ccccc43)nc(-c3cncc(F)c3)cn12.CC. The molecule has 0 spiro atoms. The van der Waals surface area contributed by atoms with Crippen molar-refractivity contribution in [1.29, 1.82) is 0 Å². The van der Waals surface area contributed by atoms with E-state index in [1.807, 2.05) is 62.0 Å². The average molecular weight is 444 g/mol. The molecule has 0 aliphatic rings. The Hall–Kier alpha value is -4.07. The third-order valence-electron chi connectivity index (χ3n) is 5.10. The van der Waals surface area contributed by atoms with Crippen LogP contribution in [0.2, 0.25) is 0 Å². The molecule has 0 fully saturated rings. The number of imidazole rings is 2. The molecular formula is C25H26FN7. The first-order valence-electron chi connectivity index (χ1n) is 10.9. The summed E-state index contributed by atoms with van der Waals surface area (Å²) >= 11 is 0. The first-order chi connectivity index (χ1) is 16.1. The molecule has 1 aromatic carbocycles. The van der Waals surface area contributed by atoms with Gasteiger partial charge >= 0.3 is 0 Å². The summed E-state index contributed by atoms with van der Waals surface area (Å²) in [7, 11) is 0. The molecule has 0 amide bonds. The minimum Gasteiger partial charge on any atom is -0.365 e. The van der Waals surface area contributed by atoms with Gasteiger partial charge in [-0.25, -0.2) is 19.3 Å². The molecule has 4 heterocycles. The van der Waals surface area contributed by atoms with Gasteiger partial charge in [0.2, 0.25) is 0 Å².